The average molecular weight is 252 g/mol. The number of aryl methyl sites for hydroxylation is 1. The van der Waals surface area contributed by atoms with Gasteiger partial charge in [0.1, 0.15) is 5.76 Å². The van der Waals surface area contributed by atoms with Crippen molar-refractivity contribution in [3.63, 3.8) is 0 Å². The van der Waals surface area contributed by atoms with Crippen LogP contribution < -0.4 is 10.2 Å². The van der Waals surface area contributed by atoms with Gasteiger partial charge in [0.2, 0.25) is 11.2 Å². The van der Waals surface area contributed by atoms with Crippen molar-refractivity contribution in [2.24, 2.45) is 0 Å². The molecule has 0 amide bonds. The van der Waals surface area contributed by atoms with Gasteiger partial charge in [-0.3, -0.25) is 4.79 Å². The second-order valence-electron chi connectivity index (χ2n) is 3.18. The molecule has 0 saturated carbocycles. The van der Waals surface area contributed by atoms with Gasteiger partial charge in [0.15, 0.2) is 0 Å². The second kappa shape index (κ2) is 6.39. The monoisotopic (exact) mass is 252 g/mol. The summed E-state index contributed by atoms with van der Waals surface area (Å²) in [4.78, 5) is 33.6. The van der Waals surface area contributed by atoms with Gasteiger partial charge in [0.25, 0.3) is 0 Å². The number of esters is 2. The molecule has 0 aromatic carbocycles. The van der Waals surface area contributed by atoms with Gasteiger partial charge in [-0.15, -0.1) is 0 Å². The van der Waals surface area contributed by atoms with E-state index in [1.54, 1.807) is 6.92 Å². The van der Waals surface area contributed by atoms with Crippen LogP contribution in [0.2, 0.25) is 0 Å². The maximum absolute atomic E-state index is 11.4. The maximum atomic E-state index is 11.4. The van der Waals surface area contributed by atoms with Gasteiger partial charge < -0.3 is 13.9 Å². The predicted molar refractivity (Wildman–Crippen MR) is 61.1 cm³/mol. The maximum Gasteiger partial charge on any atom is 0.336 e. The molecule has 6 heteroatoms. The third-order valence-corrected chi connectivity index (χ3v) is 1.85. The Hall–Kier alpha value is -2.37. The summed E-state index contributed by atoms with van der Waals surface area (Å²) < 4.78 is 14.3. The van der Waals surface area contributed by atoms with Gasteiger partial charge in [-0.05, 0) is 13.8 Å². The lowest BCUT2D eigenvalue weighted by atomic mass is 10.4. The van der Waals surface area contributed by atoms with Crippen molar-refractivity contribution in [3.8, 4) is 5.75 Å². The highest BCUT2D eigenvalue weighted by Crippen LogP contribution is 2.10. The first kappa shape index (κ1) is 13.7. The molecule has 1 aromatic rings. The first-order valence-corrected chi connectivity index (χ1v) is 5.19. The van der Waals surface area contributed by atoms with Crippen molar-refractivity contribution in [1.82, 2.24) is 0 Å². The van der Waals surface area contributed by atoms with Crippen molar-refractivity contribution in [2.75, 3.05) is 6.61 Å². The number of ether oxygens (including phenoxy) is 2. The molecule has 0 fully saturated rings. The first-order valence-electron chi connectivity index (χ1n) is 5.19. The molecule has 1 aromatic heterocycles. The standard InChI is InChI=1S/C12H12O6/c1-3-16-10(14)4-5-11(15)18-12-8(2)17-7-6-9(12)13/h4-7H,3H2,1-2H3/b5-4+. The molecule has 0 aliphatic heterocycles. The van der Waals surface area contributed by atoms with Crippen LogP contribution in [0.3, 0.4) is 0 Å². The first-order chi connectivity index (χ1) is 8.54. The van der Waals surface area contributed by atoms with E-state index in [1.165, 1.54) is 13.2 Å². The molecule has 0 aliphatic carbocycles. The topological polar surface area (TPSA) is 82.8 Å². The fraction of sp³-hybridized carbons (Fsp3) is 0.250. The Kier molecular flexibility index (Phi) is 4.86. The summed E-state index contributed by atoms with van der Waals surface area (Å²) in [6.45, 7) is 3.33. The molecule has 18 heavy (non-hydrogen) atoms. The fourth-order valence-electron chi connectivity index (χ4n) is 1.08. The van der Waals surface area contributed by atoms with E-state index in [2.05, 4.69) is 4.74 Å². The molecule has 6 nitrogen and oxygen atoms in total. The van der Waals surface area contributed by atoms with Crippen molar-refractivity contribution < 1.29 is 23.5 Å². The van der Waals surface area contributed by atoms with Crippen LogP contribution >= 0.6 is 0 Å². The number of hydrogen-bond acceptors (Lipinski definition) is 6. The quantitative estimate of drug-likeness (QED) is 0.586. The molecule has 0 spiro atoms. The van der Waals surface area contributed by atoms with Crippen molar-refractivity contribution in [3.05, 3.63) is 40.5 Å². The molecule has 0 bridgehead atoms. The lowest BCUT2D eigenvalue weighted by Gasteiger charge is -2.02. The normalized spacial score (nSPS) is 10.3. The Balaban J connectivity index is 2.71. The van der Waals surface area contributed by atoms with Gasteiger partial charge in [0.05, 0.1) is 12.9 Å². The highest BCUT2D eigenvalue weighted by atomic mass is 16.5. The molecule has 0 atom stereocenters. The number of carbonyl (C=O) groups is 2. The predicted octanol–water partition coefficient (Wildman–Crippen LogP) is 0.973. The fourth-order valence-corrected chi connectivity index (χ4v) is 1.08. The summed E-state index contributed by atoms with van der Waals surface area (Å²) in [5.74, 6) is -1.53. The molecule has 0 aliphatic rings. The van der Waals surface area contributed by atoms with Crippen molar-refractivity contribution >= 4 is 11.9 Å². The molecule has 96 valence electrons. The summed E-state index contributed by atoms with van der Waals surface area (Å²) in [5, 5.41) is 0. The van der Waals surface area contributed by atoms with Crippen LogP contribution in [0, 0.1) is 6.92 Å². The summed E-state index contributed by atoms with van der Waals surface area (Å²) in [6.07, 6.45) is 3.00. The smallest absolute Gasteiger partial charge is 0.336 e. The molecular weight excluding hydrogens is 240 g/mol. The Morgan fingerprint density at radius 1 is 1.33 bits per heavy atom. The van der Waals surface area contributed by atoms with Crippen molar-refractivity contribution in [2.45, 2.75) is 13.8 Å². The van der Waals surface area contributed by atoms with Crippen LogP contribution in [0.4, 0.5) is 0 Å². The van der Waals surface area contributed by atoms with Crippen LogP contribution in [-0.2, 0) is 14.3 Å². The number of rotatable bonds is 4. The molecular formula is C12H12O6. The van der Waals surface area contributed by atoms with Crippen molar-refractivity contribution in [1.29, 1.82) is 0 Å². The van der Waals surface area contributed by atoms with Gasteiger partial charge in [0, 0.05) is 18.2 Å². The van der Waals surface area contributed by atoms with Gasteiger partial charge in [-0.2, -0.15) is 0 Å². The Labute approximate surface area is 103 Å². The molecule has 1 heterocycles. The van der Waals surface area contributed by atoms with E-state index >= 15 is 0 Å². The number of hydrogen-bond donors (Lipinski definition) is 0. The van der Waals surface area contributed by atoms with E-state index < -0.39 is 17.4 Å². The van der Waals surface area contributed by atoms with E-state index in [1.807, 2.05) is 0 Å². The van der Waals surface area contributed by atoms with E-state index in [-0.39, 0.29) is 18.1 Å². The van der Waals surface area contributed by atoms with E-state index in [4.69, 9.17) is 9.15 Å². The van der Waals surface area contributed by atoms with Crippen LogP contribution in [0.25, 0.3) is 0 Å². The van der Waals surface area contributed by atoms with Gasteiger partial charge in [-0.1, -0.05) is 0 Å². The van der Waals surface area contributed by atoms with Crippen LogP contribution in [-0.4, -0.2) is 18.5 Å². The zero-order valence-corrected chi connectivity index (χ0v) is 9.97. The lowest BCUT2D eigenvalue weighted by molar-refractivity contribution is -0.138. The van der Waals surface area contributed by atoms with E-state index in [0.717, 1.165) is 18.2 Å². The lowest BCUT2D eigenvalue weighted by Crippen LogP contribution is -2.13. The third kappa shape index (κ3) is 3.89. The molecule has 0 radical (unpaired) electrons. The molecule has 0 N–H and O–H groups in total. The highest BCUT2D eigenvalue weighted by Gasteiger charge is 2.10. The van der Waals surface area contributed by atoms with Gasteiger partial charge in [-0.25, -0.2) is 9.59 Å². The Bertz CT molecular complexity index is 526. The van der Waals surface area contributed by atoms with E-state index in [9.17, 15) is 14.4 Å². The van der Waals surface area contributed by atoms with Gasteiger partial charge >= 0.3 is 11.9 Å². The minimum absolute atomic E-state index is 0.181. The van der Waals surface area contributed by atoms with Crippen LogP contribution in [0.1, 0.15) is 12.7 Å². The third-order valence-electron chi connectivity index (χ3n) is 1.85. The number of carbonyl (C=O) groups excluding carboxylic acids is 2. The zero-order valence-electron chi connectivity index (χ0n) is 9.97. The summed E-state index contributed by atoms with van der Waals surface area (Å²) >= 11 is 0. The average Bonchev–Trinajstić information content (AvgIpc) is 2.32. The van der Waals surface area contributed by atoms with Crippen LogP contribution in [0.15, 0.2) is 33.7 Å². The Morgan fingerprint density at radius 3 is 2.61 bits per heavy atom. The molecule has 1 rings (SSSR count). The Morgan fingerprint density at radius 2 is 2.00 bits per heavy atom. The minimum atomic E-state index is -0.857. The minimum Gasteiger partial charge on any atom is -0.465 e. The summed E-state index contributed by atoms with van der Waals surface area (Å²) in [7, 11) is 0. The summed E-state index contributed by atoms with van der Waals surface area (Å²) in [6, 6.07) is 1.13. The SMILES string of the molecule is CCOC(=O)/C=C/C(=O)Oc1c(C)occc1=O. The van der Waals surface area contributed by atoms with E-state index in [0.29, 0.717) is 0 Å². The van der Waals surface area contributed by atoms with Crippen LogP contribution in [0.5, 0.6) is 5.75 Å². The highest BCUT2D eigenvalue weighted by molar-refractivity contribution is 5.92. The molecule has 0 unspecified atom stereocenters. The second-order valence-corrected chi connectivity index (χ2v) is 3.18. The molecule has 0 saturated heterocycles. The summed E-state index contributed by atoms with van der Waals surface area (Å²) in [5.41, 5.74) is -0.475. The zero-order chi connectivity index (χ0) is 13.5. The largest absolute Gasteiger partial charge is 0.465 e.